The molecule has 0 radical (unpaired) electrons. The minimum Gasteiger partial charge on any atom is -0.486 e. The highest BCUT2D eigenvalue weighted by Crippen LogP contribution is 2.35. The van der Waals surface area contributed by atoms with Crippen molar-refractivity contribution in [1.82, 2.24) is 5.32 Å². The van der Waals surface area contributed by atoms with Crippen LogP contribution in [0.2, 0.25) is 10.0 Å². The van der Waals surface area contributed by atoms with Gasteiger partial charge in [0.1, 0.15) is 13.2 Å². The number of carbonyl (C=O) groups is 2. The highest BCUT2D eigenvalue weighted by Gasteiger charge is 2.15. The molecule has 1 amide bonds. The maximum absolute atomic E-state index is 11.9. The van der Waals surface area contributed by atoms with Crippen LogP contribution < -0.4 is 15.4 Å². The Hall–Kier alpha value is -2.44. The summed E-state index contributed by atoms with van der Waals surface area (Å²) in [4.78, 5) is 22.5. The number of benzene rings is 2. The fourth-order valence-electron chi connectivity index (χ4n) is 2.49. The number of rotatable bonds is 8. The maximum atomic E-state index is 11.9. The number of halogens is 2. The molecule has 0 saturated carbocycles. The van der Waals surface area contributed by atoms with Crippen molar-refractivity contribution in [3.8, 4) is 5.75 Å². The van der Waals surface area contributed by atoms with Crippen molar-refractivity contribution in [2.75, 3.05) is 18.4 Å². The summed E-state index contributed by atoms with van der Waals surface area (Å²) in [5.74, 6) is -1.46. The lowest BCUT2D eigenvalue weighted by molar-refractivity contribution is -0.135. The van der Waals surface area contributed by atoms with Crippen molar-refractivity contribution in [2.24, 2.45) is 0 Å². The summed E-state index contributed by atoms with van der Waals surface area (Å²) in [6, 6.07) is 8.79. The molecule has 0 aliphatic rings. The van der Waals surface area contributed by atoms with E-state index >= 15 is 0 Å². The molecule has 6 nitrogen and oxygen atoms in total. The molecule has 27 heavy (non-hydrogen) atoms. The predicted molar refractivity (Wildman–Crippen MR) is 106 cm³/mol. The van der Waals surface area contributed by atoms with Gasteiger partial charge in [0.25, 0.3) is 5.91 Å². The number of carbonyl (C=O) groups excluding carboxylic acids is 1. The van der Waals surface area contributed by atoms with Crippen LogP contribution in [0, 0.1) is 6.92 Å². The van der Waals surface area contributed by atoms with Gasteiger partial charge >= 0.3 is 5.97 Å². The van der Waals surface area contributed by atoms with E-state index in [1.54, 1.807) is 0 Å². The second kappa shape index (κ2) is 9.48. The van der Waals surface area contributed by atoms with Crippen LogP contribution in [0.4, 0.5) is 5.69 Å². The van der Waals surface area contributed by atoms with Crippen LogP contribution in [-0.4, -0.2) is 30.1 Å². The lowest BCUT2D eigenvalue weighted by atomic mass is 10.1. The fraction of sp³-hybridized carbons (Fsp3) is 0.263. The van der Waals surface area contributed by atoms with E-state index in [2.05, 4.69) is 10.6 Å². The molecule has 0 aliphatic carbocycles. The van der Waals surface area contributed by atoms with E-state index < -0.39 is 18.4 Å². The third kappa shape index (κ3) is 6.05. The van der Waals surface area contributed by atoms with E-state index in [4.69, 9.17) is 33.0 Å². The first-order valence-corrected chi connectivity index (χ1v) is 9.02. The molecule has 0 unspecified atom stereocenters. The number of nitrogens with one attached hydrogen (secondary N) is 2. The van der Waals surface area contributed by atoms with Gasteiger partial charge in [0.2, 0.25) is 0 Å². The van der Waals surface area contributed by atoms with Gasteiger partial charge in [0.15, 0.2) is 5.75 Å². The van der Waals surface area contributed by atoms with Crippen LogP contribution in [0.15, 0.2) is 30.3 Å². The van der Waals surface area contributed by atoms with Crippen LogP contribution in [0.25, 0.3) is 0 Å². The number of hydrogen-bond acceptors (Lipinski definition) is 4. The number of hydrogen-bond donors (Lipinski definition) is 3. The molecule has 2 aromatic rings. The standard InChI is InChI=1S/C19H20Cl2N2O4/c1-3-22-14-5-11(2)4-12(6-14)10-27-18-15(20)7-13(8-16(18)21)19(26)23-9-17(24)25/h4-8,22H,3,9-10H2,1-2H3,(H,23,26)(H,24,25). The van der Waals surface area contributed by atoms with E-state index in [0.717, 1.165) is 23.4 Å². The van der Waals surface area contributed by atoms with Crippen molar-refractivity contribution in [3.63, 3.8) is 0 Å². The van der Waals surface area contributed by atoms with Gasteiger partial charge in [-0.1, -0.05) is 29.3 Å². The zero-order valence-corrected chi connectivity index (χ0v) is 16.4. The van der Waals surface area contributed by atoms with Crippen molar-refractivity contribution in [3.05, 3.63) is 57.1 Å². The summed E-state index contributed by atoms with van der Waals surface area (Å²) in [5.41, 5.74) is 3.19. The second-order valence-corrected chi connectivity index (χ2v) is 6.69. The molecule has 2 rings (SSSR count). The molecule has 0 aliphatic heterocycles. The molecule has 0 bridgehead atoms. The third-order valence-electron chi connectivity index (χ3n) is 3.56. The molecule has 0 aromatic heterocycles. The number of aryl methyl sites for hydroxylation is 1. The Morgan fingerprint density at radius 2 is 1.78 bits per heavy atom. The number of carboxylic acid groups (broad SMARTS) is 1. The molecular weight excluding hydrogens is 391 g/mol. The van der Waals surface area contributed by atoms with Gasteiger partial charge in [-0.2, -0.15) is 0 Å². The van der Waals surface area contributed by atoms with Crippen molar-refractivity contribution < 1.29 is 19.4 Å². The van der Waals surface area contributed by atoms with Gasteiger partial charge < -0.3 is 20.5 Å². The summed E-state index contributed by atoms with van der Waals surface area (Å²) in [6.07, 6.45) is 0. The fourth-order valence-corrected chi connectivity index (χ4v) is 3.09. The number of amides is 1. The normalized spacial score (nSPS) is 10.4. The van der Waals surface area contributed by atoms with Gasteiger partial charge in [-0.05, 0) is 49.2 Å². The van der Waals surface area contributed by atoms with E-state index in [-0.39, 0.29) is 28.0 Å². The zero-order valence-electron chi connectivity index (χ0n) is 14.9. The number of aliphatic carboxylic acids is 1. The third-order valence-corrected chi connectivity index (χ3v) is 4.12. The molecule has 8 heteroatoms. The maximum Gasteiger partial charge on any atom is 0.322 e. The van der Waals surface area contributed by atoms with E-state index in [1.165, 1.54) is 12.1 Å². The van der Waals surface area contributed by atoms with Crippen LogP contribution in [-0.2, 0) is 11.4 Å². The van der Waals surface area contributed by atoms with Crippen LogP contribution in [0.5, 0.6) is 5.75 Å². The Morgan fingerprint density at radius 1 is 1.11 bits per heavy atom. The van der Waals surface area contributed by atoms with E-state index in [1.807, 2.05) is 32.0 Å². The Morgan fingerprint density at radius 3 is 2.37 bits per heavy atom. The second-order valence-electron chi connectivity index (χ2n) is 5.87. The minimum atomic E-state index is -1.14. The molecule has 0 atom stereocenters. The summed E-state index contributed by atoms with van der Waals surface area (Å²) in [7, 11) is 0. The van der Waals surface area contributed by atoms with Gasteiger partial charge in [0.05, 0.1) is 10.0 Å². The van der Waals surface area contributed by atoms with Crippen LogP contribution in [0.3, 0.4) is 0 Å². The van der Waals surface area contributed by atoms with Gasteiger partial charge in [0, 0.05) is 17.8 Å². The molecule has 0 fully saturated rings. The number of ether oxygens (including phenoxy) is 1. The molecule has 3 N–H and O–H groups in total. The first kappa shape index (κ1) is 20.9. The topological polar surface area (TPSA) is 87.7 Å². The summed E-state index contributed by atoms with van der Waals surface area (Å²) < 4.78 is 5.76. The largest absolute Gasteiger partial charge is 0.486 e. The van der Waals surface area contributed by atoms with Gasteiger partial charge in [-0.3, -0.25) is 9.59 Å². The zero-order chi connectivity index (χ0) is 20.0. The first-order chi connectivity index (χ1) is 12.8. The molecule has 2 aromatic carbocycles. The monoisotopic (exact) mass is 410 g/mol. The highest BCUT2D eigenvalue weighted by molar-refractivity contribution is 6.37. The van der Waals surface area contributed by atoms with E-state index in [0.29, 0.717) is 0 Å². The molecule has 0 saturated heterocycles. The summed E-state index contributed by atoms with van der Waals surface area (Å²) >= 11 is 12.4. The van der Waals surface area contributed by atoms with Crippen molar-refractivity contribution >= 4 is 40.8 Å². The summed E-state index contributed by atoms with van der Waals surface area (Å²) in [6.45, 7) is 4.59. The SMILES string of the molecule is CCNc1cc(C)cc(COc2c(Cl)cc(C(=O)NCC(=O)O)cc2Cl)c1. The first-order valence-electron chi connectivity index (χ1n) is 8.26. The van der Waals surface area contributed by atoms with Crippen LogP contribution >= 0.6 is 23.2 Å². The lowest BCUT2D eigenvalue weighted by Crippen LogP contribution is -2.29. The quantitative estimate of drug-likeness (QED) is 0.608. The Bertz CT molecular complexity index is 833. The molecular formula is C19H20Cl2N2O4. The van der Waals surface area contributed by atoms with Gasteiger partial charge in [-0.25, -0.2) is 0 Å². The van der Waals surface area contributed by atoms with Crippen LogP contribution in [0.1, 0.15) is 28.4 Å². The predicted octanol–water partition coefficient (Wildman–Crippen LogP) is 4.13. The Labute approximate surface area is 167 Å². The summed E-state index contributed by atoms with van der Waals surface area (Å²) in [5, 5.41) is 14.5. The Balaban J connectivity index is 2.13. The minimum absolute atomic E-state index is 0.156. The van der Waals surface area contributed by atoms with Gasteiger partial charge in [-0.15, -0.1) is 0 Å². The average Bonchev–Trinajstić information content (AvgIpc) is 2.58. The molecule has 0 heterocycles. The number of carboxylic acids is 1. The highest BCUT2D eigenvalue weighted by atomic mass is 35.5. The lowest BCUT2D eigenvalue weighted by Gasteiger charge is -2.13. The van der Waals surface area contributed by atoms with E-state index in [9.17, 15) is 9.59 Å². The molecule has 144 valence electrons. The van der Waals surface area contributed by atoms with Crippen molar-refractivity contribution in [2.45, 2.75) is 20.5 Å². The smallest absolute Gasteiger partial charge is 0.322 e. The number of anilines is 1. The Kier molecular flexibility index (Phi) is 7.33. The molecule has 0 spiro atoms. The average molecular weight is 411 g/mol. The van der Waals surface area contributed by atoms with Crippen molar-refractivity contribution in [1.29, 1.82) is 0 Å².